The molecule has 0 N–H and O–H groups in total. The lowest BCUT2D eigenvalue weighted by Gasteiger charge is -2.11. The number of carbonyl (C=O) groups is 2. The van der Waals surface area contributed by atoms with Crippen LogP contribution in [0.4, 0.5) is 5.69 Å². The third kappa shape index (κ3) is 4.80. The highest BCUT2D eigenvalue weighted by Gasteiger charge is 2.31. The molecular formula is C25H20N4O8. The molecule has 0 saturated carbocycles. The van der Waals surface area contributed by atoms with E-state index >= 15 is 0 Å². The molecule has 0 aliphatic carbocycles. The van der Waals surface area contributed by atoms with Gasteiger partial charge in [-0.2, -0.15) is 5.10 Å². The van der Waals surface area contributed by atoms with Gasteiger partial charge in [0.2, 0.25) is 0 Å². The van der Waals surface area contributed by atoms with Gasteiger partial charge in [-0.05, 0) is 36.4 Å². The lowest BCUT2D eigenvalue weighted by atomic mass is 10.0. The summed E-state index contributed by atoms with van der Waals surface area (Å²) in [6.45, 7) is 0. The zero-order valence-corrected chi connectivity index (χ0v) is 19.9. The van der Waals surface area contributed by atoms with Crippen LogP contribution >= 0.6 is 0 Å². The molecule has 0 atom stereocenters. The molecule has 0 radical (unpaired) electrons. The maximum Gasteiger partial charge on any atom is 0.357 e. The molecular weight excluding hydrogens is 484 g/mol. The third-order valence-corrected chi connectivity index (χ3v) is 5.25. The summed E-state index contributed by atoms with van der Waals surface area (Å²) in [4.78, 5) is 40.3. The van der Waals surface area contributed by atoms with Gasteiger partial charge in [0.15, 0.2) is 17.2 Å². The van der Waals surface area contributed by atoms with Gasteiger partial charge in [-0.25, -0.2) is 19.3 Å². The third-order valence-electron chi connectivity index (χ3n) is 5.25. The van der Waals surface area contributed by atoms with Crippen LogP contribution in [0.15, 0.2) is 66.9 Å². The Labute approximate surface area is 210 Å². The van der Waals surface area contributed by atoms with Crippen molar-refractivity contribution in [2.45, 2.75) is 0 Å². The Morgan fingerprint density at radius 2 is 1.65 bits per heavy atom. The van der Waals surface area contributed by atoms with Crippen LogP contribution in [0, 0.1) is 10.1 Å². The van der Waals surface area contributed by atoms with E-state index in [4.69, 9.17) is 18.9 Å². The van der Waals surface area contributed by atoms with Crippen LogP contribution in [0.2, 0.25) is 0 Å². The molecule has 12 heteroatoms. The Bertz CT molecular complexity index is 1480. The number of hydrogen-bond donors (Lipinski definition) is 0. The van der Waals surface area contributed by atoms with E-state index in [9.17, 15) is 19.7 Å². The Balaban J connectivity index is 1.88. The number of hydrogen-bond acceptors (Lipinski definition) is 10. The number of rotatable bonds is 8. The number of esters is 2. The summed E-state index contributed by atoms with van der Waals surface area (Å²) in [5.41, 5.74) is 0.428. The molecule has 2 heterocycles. The van der Waals surface area contributed by atoms with E-state index in [1.807, 2.05) is 0 Å². The molecule has 4 aromatic rings. The second-order valence-electron chi connectivity index (χ2n) is 7.36. The number of pyridine rings is 1. The summed E-state index contributed by atoms with van der Waals surface area (Å²) < 4.78 is 22.3. The molecule has 0 saturated heterocycles. The summed E-state index contributed by atoms with van der Waals surface area (Å²) in [7, 11) is 3.75. The highest BCUT2D eigenvalue weighted by Crippen LogP contribution is 2.38. The van der Waals surface area contributed by atoms with Crippen LogP contribution in [-0.4, -0.2) is 53.0 Å². The molecule has 188 valence electrons. The molecule has 12 nitrogen and oxygen atoms in total. The summed E-state index contributed by atoms with van der Waals surface area (Å²) in [6, 6.07) is 15.9. The van der Waals surface area contributed by atoms with Crippen molar-refractivity contribution < 1.29 is 33.5 Å². The second-order valence-corrected chi connectivity index (χ2v) is 7.36. The highest BCUT2D eigenvalue weighted by atomic mass is 16.6. The average Bonchev–Trinajstić information content (AvgIpc) is 3.33. The van der Waals surface area contributed by atoms with Crippen molar-refractivity contribution >= 4 is 17.6 Å². The van der Waals surface area contributed by atoms with Gasteiger partial charge in [0.25, 0.3) is 5.88 Å². The van der Waals surface area contributed by atoms with Crippen LogP contribution < -0.4 is 9.47 Å². The highest BCUT2D eigenvalue weighted by molar-refractivity contribution is 6.06. The smallest absolute Gasteiger partial charge is 0.357 e. The first kappa shape index (κ1) is 24.9. The van der Waals surface area contributed by atoms with Crippen molar-refractivity contribution in [3.05, 3.63) is 88.2 Å². The molecule has 37 heavy (non-hydrogen) atoms. The summed E-state index contributed by atoms with van der Waals surface area (Å²) in [6.07, 6.45) is 1.36. The fourth-order valence-electron chi connectivity index (χ4n) is 3.56. The van der Waals surface area contributed by atoms with Gasteiger partial charge in [0, 0.05) is 17.8 Å². The number of aromatic nitrogens is 3. The van der Waals surface area contributed by atoms with Gasteiger partial charge in [0.1, 0.15) is 11.3 Å². The van der Waals surface area contributed by atoms with Gasteiger partial charge in [-0.15, -0.1) is 0 Å². The fourth-order valence-corrected chi connectivity index (χ4v) is 3.56. The zero-order chi connectivity index (χ0) is 26.5. The zero-order valence-electron chi connectivity index (χ0n) is 19.9. The SMILES string of the molecule is COC(=O)c1c(-c2ccc(Oc3ncccc3[N+](=O)[O-])c(OC)c2)nn(-c2ccccc2)c1C(=O)OC. The predicted molar refractivity (Wildman–Crippen MR) is 129 cm³/mol. The summed E-state index contributed by atoms with van der Waals surface area (Å²) >= 11 is 0. The van der Waals surface area contributed by atoms with E-state index in [2.05, 4.69) is 10.1 Å². The molecule has 0 spiro atoms. The molecule has 0 fully saturated rings. The fraction of sp³-hybridized carbons (Fsp3) is 0.120. The van der Waals surface area contributed by atoms with Gasteiger partial charge < -0.3 is 18.9 Å². The quantitative estimate of drug-likeness (QED) is 0.194. The van der Waals surface area contributed by atoms with E-state index < -0.39 is 16.9 Å². The topological polar surface area (TPSA) is 145 Å². The van der Waals surface area contributed by atoms with E-state index in [0.29, 0.717) is 11.3 Å². The van der Waals surface area contributed by atoms with Crippen molar-refractivity contribution in [2.24, 2.45) is 0 Å². The van der Waals surface area contributed by atoms with Crippen LogP contribution in [0.25, 0.3) is 16.9 Å². The van der Waals surface area contributed by atoms with Crippen molar-refractivity contribution in [1.82, 2.24) is 14.8 Å². The molecule has 2 aromatic heterocycles. The van der Waals surface area contributed by atoms with Gasteiger partial charge in [-0.3, -0.25) is 10.1 Å². The first-order valence-electron chi connectivity index (χ1n) is 10.7. The largest absolute Gasteiger partial charge is 0.493 e. The molecule has 2 aromatic carbocycles. The first-order valence-corrected chi connectivity index (χ1v) is 10.7. The number of methoxy groups -OCH3 is 3. The first-order chi connectivity index (χ1) is 17.9. The molecule has 0 bridgehead atoms. The summed E-state index contributed by atoms with van der Waals surface area (Å²) in [5, 5.41) is 15.9. The van der Waals surface area contributed by atoms with Gasteiger partial charge >= 0.3 is 17.6 Å². The number of nitrogens with zero attached hydrogens (tertiary/aromatic N) is 4. The molecule has 0 aliphatic heterocycles. The van der Waals surface area contributed by atoms with Crippen LogP contribution in [0.5, 0.6) is 17.4 Å². The van der Waals surface area contributed by atoms with Gasteiger partial charge in [-0.1, -0.05) is 18.2 Å². The van der Waals surface area contributed by atoms with Gasteiger partial charge in [0.05, 0.1) is 31.9 Å². The van der Waals surface area contributed by atoms with E-state index in [0.717, 1.165) is 0 Å². The van der Waals surface area contributed by atoms with E-state index in [1.54, 1.807) is 36.4 Å². The molecule has 0 amide bonds. The number of para-hydroxylation sites is 1. The van der Waals surface area contributed by atoms with Crippen molar-refractivity contribution in [3.63, 3.8) is 0 Å². The predicted octanol–water partition coefficient (Wildman–Crippen LogP) is 4.22. The standard InChI is InChI=1S/C25H20N4O8/c1-34-19-14-15(11-12-18(19)37-23-17(29(32)33)10-7-13-26-23)21-20(24(30)35-2)22(25(31)36-3)28(27-21)16-8-5-4-6-9-16/h4-14H,1-3H3. The molecule has 0 aliphatic rings. The van der Waals surface area contributed by atoms with Crippen LogP contribution in [0.1, 0.15) is 20.8 Å². The van der Waals surface area contributed by atoms with Crippen LogP contribution in [-0.2, 0) is 9.47 Å². The lowest BCUT2D eigenvalue weighted by Crippen LogP contribution is -2.15. The van der Waals surface area contributed by atoms with E-state index in [1.165, 1.54) is 56.5 Å². The minimum Gasteiger partial charge on any atom is -0.493 e. The monoisotopic (exact) mass is 504 g/mol. The Kier molecular flexibility index (Phi) is 7.09. The maximum absolute atomic E-state index is 12.8. The molecule has 0 unspecified atom stereocenters. The Morgan fingerprint density at radius 1 is 0.919 bits per heavy atom. The number of carbonyl (C=O) groups excluding carboxylic acids is 2. The minimum atomic E-state index is -0.805. The lowest BCUT2D eigenvalue weighted by molar-refractivity contribution is -0.386. The number of nitro groups is 1. The number of benzene rings is 2. The van der Waals surface area contributed by atoms with Crippen molar-refractivity contribution in [3.8, 4) is 34.3 Å². The Morgan fingerprint density at radius 3 is 2.30 bits per heavy atom. The van der Waals surface area contributed by atoms with E-state index in [-0.39, 0.29) is 40.0 Å². The van der Waals surface area contributed by atoms with Crippen LogP contribution in [0.3, 0.4) is 0 Å². The normalized spacial score (nSPS) is 10.5. The minimum absolute atomic E-state index is 0.116. The molecule has 4 rings (SSSR count). The average molecular weight is 504 g/mol. The van der Waals surface area contributed by atoms with Crippen molar-refractivity contribution in [1.29, 1.82) is 0 Å². The Hall–Kier alpha value is -5.26. The second kappa shape index (κ2) is 10.6. The maximum atomic E-state index is 12.8. The van der Waals surface area contributed by atoms with Crippen molar-refractivity contribution in [2.75, 3.05) is 21.3 Å². The number of ether oxygens (including phenoxy) is 4. The summed E-state index contributed by atoms with van der Waals surface area (Å²) in [5.74, 6) is -1.53.